The van der Waals surface area contributed by atoms with Crippen molar-refractivity contribution in [3.63, 3.8) is 0 Å². The summed E-state index contributed by atoms with van der Waals surface area (Å²) < 4.78 is 4.81. The van der Waals surface area contributed by atoms with Crippen LogP contribution in [-0.2, 0) is 9.53 Å². The SMILES string of the molecule is C=C=C(CC)C(Br)C(=O)OCC. The average molecular weight is 233 g/mol. The van der Waals surface area contributed by atoms with Crippen molar-refractivity contribution < 1.29 is 9.53 Å². The van der Waals surface area contributed by atoms with Crippen LogP contribution in [0.3, 0.4) is 0 Å². The summed E-state index contributed by atoms with van der Waals surface area (Å²) in [5.74, 6) is -0.273. The Morgan fingerprint density at radius 1 is 1.67 bits per heavy atom. The highest BCUT2D eigenvalue weighted by Gasteiger charge is 2.18. The van der Waals surface area contributed by atoms with E-state index in [2.05, 4.69) is 28.2 Å². The van der Waals surface area contributed by atoms with Crippen molar-refractivity contribution in [3.05, 3.63) is 17.9 Å². The number of carbonyl (C=O) groups is 1. The number of alkyl halides is 1. The van der Waals surface area contributed by atoms with E-state index in [0.717, 1.165) is 12.0 Å². The van der Waals surface area contributed by atoms with Gasteiger partial charge in [-0.2, -0.15) is 0 Å². The van der Waals surface area contributed by atoms with E-state index in [1.807, 2.05) is 6.92 Å². The third-order valence-corrected chi connectivity index (χ3v) is 2.33. The van der Waals surface area contributed by atoms with E-state index in [9.17, 15) is 4.79 Å². The zero-order chi connectivity index (χ0) is 9.56. The Kier molecular flexibility index (Phi) is 5.77. The van der Waals surface area contributed by atoms with Gasteiger partial charge in [0.2, 0.25) is 0 Å². The van der Waals surface area contributed by atoms with Gasteiger partial charge in [-0.05, 0) is 18.9 Å². The molecule has 3 heteroatoms. The summed E-state index contributed by atoms with van der Waals surface area (Å²) in [5, 5.41) is 0. The van der Waals surface area contributed by atoms with E-state index in [4.69, 9.17) is 4.74 Å². The van der Waals surface area contributed by atoms with Crippen molar-refractivity contribution >= 4 is 21.9 Å². The summed E-state index contributed by atoms with van der Waals surface area (Å²) in [6.45, 7) is 7.62. The van der Waals surface area contributed by atoms with Crippen LogP contribution >= 0.6 is 15.9 Å². The molecule has 0 aliphatic heterocycles. The molecule has 0 saturated heterocycles. The predicted octanol–water partition coefficient (Wildman–Crippen LogP) is 2.43. The maximum atomic E-state index is 11.1. The molecule has 0 bridgehead atoms. The third-order valence-electron chi connectivity index (χ3n) is 1.41. The smallest absolute Gasteiger partial charge is 0.324 e. The fourth-order valence-corrected chi connectivity index (χ4v) is 1.37. The Bertz CT molecular complexity index is 205. The molecule has 12 heavy (non-hydrogen) atoms. The molecular formula is C9H13BrO2. The molecule has 0 saturated carbocycles. The fourth-order valence-electron chi connectivity index (χ4n) is 0.752. The summed E-state index contributed by atoms with van der Waals surface area (Å²) >= 11 is 3.22. The van der Waals surface area contributed by atoms with Crippen LogP contribution in [0.5, 0.6) is 0 Å². The maximum Gasteiger partial charge on any atom is 0.324 e. The lowest BCUT2D eigenvalue weighted by Crippen LogP contribution is -2.18. The molecule has 1 atom stereocenters. The zero-order valence-corrected chi connectivity index (χ0v) is 8.98. The summed E-state index contributed by atoms with van der Waals surface area (Å²) in [6, 6.07) is 0. The maximum absolute atomic E-state index is 11.1. The molecule has 1 unspecified atom stereocenters. The molecule has 0 heterocycles. The molecule has 0 N–H and O–H groups in total. The van der Waals surface area contributed by atoms with Crippen LogP contribution < -0.4 is 0 Å². The van der Waals surface area contributed by atoms with Gasteiger partial charge >= 0.3 is 5.97 Å². The number of halogens is 1. The number of ether oxygens (including phenoxy) is 1. The number of esters is 1. The highest BCUT2D eigenvalue weighted by Crippen LogP contribution is 2.15. The molecule has 0 radical (unpaired) electrons. The van der Waals surface area contributed by atoms with Gasteiger partial charge in [-0.1, -0.05) is 29.4 Å². The molecule has 0 aliphatic rings. The zero-order valence-electron chi connectivity index (χ0n) is 7.39. The molecule has 0 aromatic heterocycles. The fraction of sp³-hybridized carbons (Fsp3) is 0.556. The first-order chi connectivity index (χ1) is 5.67. The molecule has 0 spiro atoms. The van der Waals surface area contributed by atoms with Crippen molar-refractivity contribution in [1.82, 2.24) is 0 Å². The van der Waals surface area contributed by atoms with Gasteiger partial charge in [-0.15, -0.1) is 5.73 Å². The van der Waals surface area contributed by atoms with Crippen molar-refractivity contribution in [2.75, 3.05) is 6.61 Å². The van der Waals surface area contributed by atoms with Gasteiger partial charge in [0.1, 0.15) is 4.83 Å². The van der Waals surface area contributed by atoms with Crippen LogP contribution in [0.4, 0.5) is 0 Å². The minimum atomic E-state index is -0.389. The number of hydrogen-bond acceptors (Lipinski definition) is 2. The first kappa shape index (κ1) is 11.5. The number of hydrogen-bond donors (Lipinski definition) is 0. The van der Waals surface area contributed by atoms with Crippen molar-refractivity contribution in [2.24, 2.45) is 0 Å². The Morgan fingerprint density at radius 3 is 2.58 bits per heavy atom. The Balaban J connectivity index is 4.27. The Morgan fingerprint density at radius 2 is 2.25 bits per heavy atom. The van der Waals surface area contributed by atoms with Crippen LogP contribution in [0.15, 0.2) is 17.9 Å². The van der Waals surface area contributed by atoms with Crippen LogP contribution in [0.25, 0.3) is 0 Å². The van der Waals surface area contributed by atoms with Gasteiger partial charge in [-0.25, -0.2) is 0 Å². The van der Waals surface area contributed by atoms with E-state index >= 15 is 0 Å². The summed E-state index contributed by atoms with van der Waals surface area (Å²) in [4.78, 5) is 10.8. The minimum absolute atomic E-state index is 0.273. The topological polar surface area (TPSA) is 26.3 Å². The first-order valence-electron chi connectivity index (χ1n) is 3.86. The van der Waals surface area contributed by atoms with Gasteiger partial charge in [-0.3, -0.25) is 4.79 Å². The molecule has 68 valence electrons. The second-order valence-electron chi connectivity index (χ2n) is 2.17. The largest absolute Gasteiger partial charge is 0.465 e. The molecular weight excluding hydrogens is 220 g/mol. The molecule has 0 aromatic carbocycles. The van der Waals surface area contributed by atoms with E-state index in [1.165, 1.54) is 0 Å². The van der Waals surface area contributed by atoms with Crippen molar-refractivity contribution in [1.29, 1.82) is 0 Å². The predicted molar refractivity (Wildman–Crippen MR) is 52.3 cm³/mol. The molecule has 0 amide bonds. The molecule has 2 nitrogen and oxygen atoms in total. The van der Waals surface area contributed by atoms with E-state index in [-0.39, 0.29) is 10.8 Å². The Hall–Kier alpha value is -0.530. The molecule has 0 aliphatic carbocycles. The lowest BCUT2D eigenvalue weighted by atomic mass is 10.1. The highest BCUT2D eigenvalue weighted by molar-refractivity contribution is 9.10. The quantitative estimate of drug-likeness (QED) is 0.423. The summed E-state index contributed by atoms with van der Waals surface area (Å²) in [7, 11) is 0. The van der Waals surface area contributed by atoms with Crippen LogP contribution in [0, 0.1) is 0 Å². The van der Waals surface area contributed by atoms with Crippen molar-refractivity contribution in [3.8, 4) is 0 Å². The summed E-state index contributed by atoms with van der Waals surface area (Å²) in [5.41, 5.74) is 3.54. The minimum Gasteiger partial charge on any atom is -0.465 e. The van der Waals surface area contributed by atoms with E-state index in [0.29, 0.717) is 6.61 Å². The van der Waals surface area contributed by atoms with E-state index < -0.39 is 0 Å². The van der Waals surface area contributed by atoms with Gasteiger partial charge in [0, 0.05) is 0 Å². The van der Waals surface area contributed by atoms with Gasteiger partial charge in [0.05, 0.1) is 6.61 Å². The standard InChI is InChI=1S/C9H13BrO2/c1-4-7(5-2)8(10)9(11)12-6-3/h8H,1,5-6H2,2-3H3. The lowest BCUT2D eigenvalue weighted by Gasteiger charge is -2.08. The average Bonchev–Trinajstić information content (AvgIpc) is 2.07. The van der Waals surface area contributed by atoms with Gasteiger partial charge < -0.3 is 4.74 Å². The first-order valence-corrected chi connectivity index (χ1v) is 4.78. The second kappa shape index (κ2) is 6.04. The monoisotopic (exact) mass is 232 g/mol. The van der Waals surface area contributed by atoms with Crippen LogP contribution in [0.1, 0.15) is 20.3 Å². The van der Waals surface area contributed by atoms with E-state index in [1.54, 1.807) is 6.92 Å². The third kappa shape index (κ3) is 3.24. The molecule has 0 aromatic rings. The highest BCUT2D eigenvalue weighted by atomic mass is 79.9. The number of carbonyl (C=O) groups excluding carboxylic acids is 1. The second-order valence-corrected chi connectivity index (χ2v) is 3.09. The molecule has 0 rings (SSSR count). The van der Waals surface area contributed by atoms with Crippen LogP contribution in [-0.4, -0.2) is 17.4 Å². The van der Waals surface area contributed by atoms with Crippen molar-refractivity contribution in [2.45, 2.75) is 25.1 Å². The van der Waals surface area contributed by atoms with Gasteiger partial charge in [0.25, 0.3) is 0 Å². The Labute approximate surface area is 81.4 Å². The van der Waals surface area contributed by atoms with Crippen LogP contribution in [0.2, 0.25) is 0 Å². The summed E-state index contributed by atoms with van der Waals surface area (Å²) in [6.07, 6.45) is 0.748. The molecule has 0 fully saturated rings. The normalized spacial score (nSPS) is 11.6. The van der Waals surface area contributed by atoms with Gasteiger partial charge in [0.15, 0.2) is 0 Å². The lowest BCUT2D eigenvalue weighted by molar-refractivity contribution is -0.141. The number of rotatable bonds is 4.